The number of halogens is 5. The van der Waals surface area contributed by atoms with Gasteiger partial charge in [0, 0.05) is 13.2 Å². The van der Waals surface area contributed by atoms with Crippen LogP contribution in [0.1, 0.15) is 11.6 Å². The minimum absolute atomic E-state index is 0.205. The summed E-state index contributed by atoms with van der Waals surface area (Å²) in [6.45, 7) is 0. The third kappa shape index (κ3) is 4.11. The number of pyridine rings is 1. The molecule has 0 fully saturated rings. The summed E-state index contributed by atoms with van der Waals surface area (Å²) >= 11 is 0. The highest BCUT2D eigenvalue weighted by Gasteiger charge is 2.45. The lowest BCUT2D eigenvalue weighted by Crippen LogP contribution is -2.37. The summed E-state index contributed by atoms with van der Waals surface area (Å²) in [5, 5.41) is 0. The minimum atomic E-state index is -4.76. The van der Waals surface area contributed by atoms with Gasteiger partial charge in [0.2, 0.25) is 0 Å². The molecular formula is C14H11F5N2OS. The average molecular weight is 350 g/mol. The summed E-state index contributed by atoms with van der Waals surface area (Å²) in [6.07, 6.45) is -2.89. The van der Waals surface area contributed by atoms with Gasteiger partial charge in [-0.05, 0) is 23.8 Å². The zero-order valence-corrected chi connectivity index (χ0v) is 12.5. The Morgan fingerprint density at radius 1 is 1.09 bits per heavy atom. The molecular weight excluding hydrogens is 339 g/mol. The van der Waals surface area contributed by atoms with E-state index in [2.05, 4.69) is 4.98 Å². The number of aromatic nitrogens is 1. The molecule has 2 aromatic rings. The average Bonchev–Trinajstić information content (AvgIpc) is 2.47. The van der Waals surface area contributed by atoms with E-state index in [-0.39, 0.29) is 10.5 Å². The van der Waals surface area contributed by atoms with Crippen molar-refractivity contribution < 1.29 is 26.2 Å². The molecule has 2 unspecified atom stereocenters. The summed E-state index contributed by atoms with van der Waals surface area (Å²) in [4.78, 5) is 3.26. The highest BCUT2D eigenvalue weighted by atomic mass is 32.2. The Morgan fingerprint density at radius 2 is 1.70 bits per heavy atom. The molecule has 1 heterocycles. The predicted octanol–water partition coefficient (Wildman–Crippen LogP) is 3.62. The van der Waals surface area contributed by atoms with Gasteiger partial charge in [-0.3, -0.25) is 4.98 Å². The fourth-order valence-electron chi connectivity index (χ4n) is 2.00. The maximum absolute atomic E-state index is 13.4. The highest BCUT2D eigenvalue weighted by Crippen LogP contribution is 2.38. The van der Waals surface area contributed by atoms with Crippen LogP contribution in [0.3, 0.4) is 0 Å². The van der Waals surface area contributed by atoms with Crippen LogP contribution < -0.4 is 0 Å². The second kappa shape index (κ2) is 6.71. The van der Waals surface area contributed by atoms with Gasteiger partial charge in [-0.2, -0.15) is 13.2 Å². The van der Waals surface area contributed by atoms with Gasteiger partial charge in [0.05, 0.1) is 11.1 Å². The highest BCUT2D eigenvalue weighted by molar-refractivity contribution is 7.82. The van der Waals surface area contributed by atoms with Gasteiger partial charge in [0.25, 0.3) is 0 Å². The Hall–Kier alpha value is -1.87. The molecule has 0 aliphatic rings. The first-order chi connectivity index (χ1) is 10.7. The molecule has 0 saturated carbocycles. The molecule has 1 aromatic heterocycles. The van der Waals surface area contributed by atoms with Crippen LogP contribution in [0.4, 0.5) is 22.0 Å². The van der Waals surface area contributed by atoms with Crippen molar-refractivity contribution in [3.8, 4) is 0 Å². The van der Waals surface area contributed by atoms with Crippen LogP contribution in [0.2, 0.25) is 0 Å². The summed E-state index contributed by atoms with van der Waals surface area (Å²) in [6, 6.07) is 2.30. The van der Waals surface area contributed by atoms with Crippen molar-refractivity contribution in [2.75, 3.05) is 7.05 Å². The summed E-state index contributed by atoms with van der Waals surface area (Å²) in [7, 11) is -1.32. The summed E-state index contributed by atoms with van der Waals surface area (Å²) < 4.78 is 78.9. The van der Waals surface area contributed by atoms with Crippen molar-refractivity contribution in [2.45, 2.75) is 17.1 Å². The lowest BCUT2D eigenvalue weighted by molar-refractivity contribution is -0.170. The van der Waals surface area contributed by atoms with Crippen molar-refractivity contribution in [1.29, 1.82) is 0 Å². The lowest BCUT2D eigenvalue weighted by Gasteiger charge is -2.29. The molecule has 0 bridgehead atoms. The maximum Gasteiger partial charge on any atom is 0.409 e. The molecule has 0 N–H and O–H groups in total. The SMILES string of the molecule is CN(C(c1ccc(F)cc1)C(F)(F)F)S(=O)c1cncc(F)c1. The molecule has 0 saturated heterocycles. The zero-order chi connectivity index (χ0) is 17.2. The number of hydrogen-bond donors (Lipinski definition) is 0. The van der Waals surface area contributed by atoms with Gasteiger partial charge in [-0.1, -0.05) is 12.1 Å². The maximum atomic E-state index is 13.4. The van der Waals surface area contributed by atoms with Gasteiger partial charge in [-0.15, -0.1) is 0 Å². The number of nitrogens with zero attached hydrogens (tertiary/aromatic N) is 2. The molecule has 2 rings (SSSR count). The molecule has 23 heavy (non-hydrogen) atoms. The summed E-state index contributed by atoms with van der Waals surface area (Å²) in [5.41, 5.74) is -0.279. The monoisotopic (exact) mass is 350 g/mol. The van der Waals surface area contributed by atoms with E-state index in [1.807, 2.05) is 0 Å². The van der Waals surface area contributed by atoms with Gasteiger partial charge < -0.3 is 0 Å². The third-order valence-electron chi connectivity index (χ3n) is 3.00. The van der Waals surface area contributed by atoms with Gasteiger partial charge >= 0.3 is 6.18 Å². The van der Waals surface area contributed by atoms with Crippen LogP contribution in [-0.2, 0) is 11.0 Å². The Morgan fingerprint density at radius 3 is 2.22 bits per heavy atom. The van der Waals surface area contributed by atoms with Crippen LogP contribution in [-0.4, -0.2) is 26.7 Å². The van der Waals surface area contributed by atoms with Crippen LogP contribution in [0, 0.1) is 11.6 Å². The molecule has 124 valence electrons. The Kier molecular flexibility index (Phi) is 5.10. The smallest absolute Gasteiger partial charge is 0.260 e. The van der Waals surface area contributed by atoms with E-state index >= 15 is 0 Å². The van der Waals surface area contributed by atoms with E-state index in [4.69, 9.17) is 0 Å². The largest absolute Gasteiger partial charge is 0.409 e. The summed E-state index contributed by atoms with van der Waals surface area (Å²) in [5.74, 6) is -1.50. The molecule has 1 aromatic carbocycles. The first-order valence-corrected chi connectivity index (χ1v) is 7.38. The number of benzene rings is 1. The van der Waals surface area contributed by atoms with Crippen molar-refractivity contribution in [2.24, 2.45) is 0 Å². The lowest BCUT2D eigenvalue weighted by atomic mass is 10.1. The molecule has 3 nitrogen and oxygen atoms in total. The quantitative estimate of drug-likeness (QED) is 0.789. The van der Waals surface area contributed by atoms with Gasteiger partial charge in [0.1, 0.15) is 28.7 Å². The van der Waals surface area contributed by atoms with E-state index < -0.39 is 34.8 Å². The van der Waals surface area contributed by atoms with Crippen molar-refractivity contribution >= 4 is 11.0 Å². The van der Waals surface area contributed by atoms with E-state index in [0.29, 0.717) is 4.31 Å². The Balaban J connectivity index is 2.39. The zero-order valence-electron chi connectivity index (χ0n) is 11.7. The topological polar surface area (TPSA) is 33.2 Å². The number of rotatable bonds is 4. The first kappa shape index (κ1) is 17.5. The Labute approximate surface area is 131 Å². The van der Waals surface area contributed by atoms with Crippen molar-refractivity contribution in [1.82, 2.24) is 9.29 Å². The molecule has 2 atom stereocenters. The predicted molar refractivity (Wildman–Crippen MR) is 73.6 cm³/mol. The van der Waals surface area contributed by atoms with Crippen molar-refractivity contribution in [3.05, 3.63) is 59.9 Å². The van der Waals surface area contributed by atoms with Gasteiger partial charge in [-0.25, -0.2) is 17.3 Å². The second-order valence-electron chi connectivity index (χ2n) is 4.63. The molecule has 0 amide bonds. The molecule has 0 spiro atoms. The van der Waals surface area contributed by atoms with Gasteiger partial charge in [0.15, 0.2) is 0 Å². The van der Waals surface area contributed by atoms with Crippen molar-refractivity contribution in [3.63, 3.8) is 0 Å². The normalized spacial score (nSPS) is 14.7. The van der Waals surface area contributed by atoms with E-state index in [1.54, 1.807) is 0 Å². The fraction of sp³-hybridized carbons (Fsp3) is 0.214. The second-order valence-corrected chi connectivity index (χ2v) is 6.18. The van der Waals surface area contributed by atoms with Crippen LogP contribution in [0.15, 0.2) is 47.6 Å². The van der Waals surface area contributed by atoms with E-state index in [1.165, 1.54) is 0 Å². The first-order valence-electron chi connectivity index (χ1n) is 6.27. The van der Waals surface area contributed by atoms with E-state index in [0.717, 1.165) is 49.8 Å². The molecule has 0 radical (unpaired) electrons. The number of alkyl halides is 3. The van der Waals surface area contributed by atoms with Crippen LogP contribution in [0.25, 0.3) is 0 Å². The fourth-order valence-corrected chi connectivity index (χ4v) is 3.13. The molecule has 9 heteroatoms. The van der Waals surface area contributed by atoms with E-state index in [9.17, 15) is 26.2 Å². The number of hydrogen-bond acceptors (Lipinski definition) is 2. The Bertz CT molecular complexity index is 705. The standard InChI is InChI=1S/C14H11F5N2OS/c1-21(23(22)12-6-11(16)7-20-8-12)13(14(17,18)19)9-2-4-10(15)5-3-9/h2-8,13H,1H3. The third-order valence-corrected chi connectivity index (χ3v) is 4.36. The molecule has 0 aliphatic carbocycles. The van der Waals surface area contributed by atoms with Crippen LogP contribution >= 0.6 is 0 Å². The van der Waals surface area contributed by atoms with Crippen LogP contribution in [0.5, 0.6) is 0 Å². The molecule has 0 aliphatic heterocycles. The minimum Gasteiger partial charge on any atom is -0.260 e.